The lowest BCUT2D eigenvalue weighted by Gasteiger charge is -2.05. The molecule has 9 heteroatoms. The third kappa shape index (κ3) is 5.37. The van der Waals surface area contributed by atoms with Gasteiger partial charge in [-0.3, -0.25) is 0 Å². The van der Waals surface area contributed by atoms with E-state index in [-0.39, 0.29) is 12.3 Å². The van der Waals surface area contributed by atoms with Crippen LogP contribution in [0, 0.1) is 6.92 Å². The van der Waals surface area contributed by atoms with Crippen molar-refractivity contribution in [3.05, 3.63) is 36.0 Å². The molecule has 21 heavy (non-hydrogen) atoms. The lowest BCUT2D eigenvalue weighted by Crippen LogP contribution is -2.27. The summed E-state index contributed by atoms with van der Waals surface area (Å²) >= 11 is 1.46. The first-order chi connectivity index (χ1) is 9.94. The number of hydrogen-bond acceptors (Lipinski definition) is 7. The van der Waals surface area contributed by atoms with E-state index in [1.54, 1.807) is 19.1 Å². The van der Waals surface area contributed by atoms with Gasteiger partial charge in [0.1, 0.15) is 0 Å². The molecular weight excluding hydrogens is 312 g/mol. The van der Waals surface area contributed by atoms with E-state index in [0.29, 0.717) is 23.2 Å². The summed E-state index contributed by atoms with van der Waals surface area (Å²) in [6.45, 7) is 1.68. The molecule has 1 heterocycles. The molecule has 0 aliphatic heterocycles. The van der Waals surface area contributed by atoms with Crippen molar-refractivity contribution in [2.75, 3.05) is 17.2 Å². The fourth-order valence-electron chi connectivity index (χ4n) is 1.49. The molecule has 0 aliphatic carbocycles. The SMILES string of the molecule is Cc1nc(CNS(=O)(=O)CCSc2ccc(N)cc2)no1. The Bertz CT molecular complexity index is 683. The van der Waals surface area contributed by atoms with Gasteiger partial charge in [0.15, 0.2) is 5.82 Å². The van der Waals surface area contributed by atoms with Crippen molar-refractivity contribution in [3.63, 3.8) is 0 Å². The van der Waals surface area contributed by atoms with E-state index in [4.69, 9.17) is 10.3 Å². The normalized spacial score (nSPS) is 11.7. The van der Waals surface area contributed by atoms with Gasteiger partial charge in [-0.25, -0.2) is 13.1 Å². The van der Waals surface area contributed by atoms with Gasteiger partial charge >= 0.3 is 0 Å². The molecule has 0 bridgehead atoms. The first-order valence-corrected chi connectivity index (χ1v) is 8.83. The predicted octanol–water partition coefficient (Wildman–Crippen LogP) is 1.17. The second kappa shape index (κ2) is 6.92. The molecule has 0 saturated heterocycles. The molecular formula is C12H16N4O3S2. The van der Waals surface area contributed by atoms with E-state index in [2.05, 4.69) is 14.9 Å². The number of nitrogens with one attached hydrogen (secondary N) is 1. The second-order valence-corrected chi connectivity index (χ2v) is 7.38. The van der Waals surface area contributed by atoms with Crippen LogP contribution in [0.25, 0.3) is 0 Å². The van der Waals surface area contributed by atoms with Crippen molar-refractivity contribution < 1.29 is 12.9 Å². The molecule has 0 unspecified atom stereocenters. The lowest BCUT2D eigenvalue weighted by atomic mass is 10.3. The van der Waals surface area contributed by atoms with Gasteiger partial charge in [-0.15, -0.1) is 11.8 Å². The van der Waals surface area contributed by atoms with Gasteiger partial charge < -0.3 is 10.3 Å². The number of aryl methyl sites for hydroxylation is 1. The Morgan fingerprint density at radius 2 is 2.05 bits per heavy atom. The molecule has 2 aromatic rings. The zero-order valence-electron chi connectivity index (χ0n) is 11.4. The van der Waals surface area contributed by atoms with Crippen LogP contribution in [0.5, 0.6) is 0 Å². The van der Waals surface area contributed by atoms with Crippen LogP contribution < -0.4 is 10.5 Å². The minimum Gasteiger partial charge on any atom is -0.399 e. The first kappa shape index (κ1) is 15.8. The van der Waals surface area contributed by atoms with E-state index in [9.17, 15) is 8.42 Å². The van der Waals surface area contributed by atoms with Gasteiger partial charge in [0, 0.05) is 23.3 Å². The number of thioether (sulfide) groups is 1. The molecule has 0 amide bonds. The van der Waals surface area contributed by atoms with Crippen LogP contribution in [-0.4, -0.2) is 30.1 Å². The zero-order valence-corrected chi connectivity index (χ0v) is 13.1. The average Bonchev–Trinajstić information content (AvgIpc) is 2.85. The van der Waals surface area contributed by atoms with Gasteiger partial charge in [-0.05, 0) is 24.3 Å². The Kier molecular flexibility index (Phi) is 5.21. The van der Waals surface area contributed by atoms with Crippen LogP contribution in [0.2, 0.25) is 0 Å². The number of aromatic nitrogens is 2. The smallest absolute Gasteiger partial charge is 0.223 e. The molecule has 0 atom stereocenters. The maximum atomic E-state index is 11.8. The van der Waals surface area contributed by atoms with Gasteiger partial charge in [0.25, 0.3) is 0 Å². The fourth-order valence-corrected chi connectivity index (χ4v) is 3.76. The summed E-state index contributed by atoms with van der Waals surface area (Å²) in [5.74, 6) is 1.19. The molecule has 1 aromatic carbocycles. The summed E-state index contributed by atoms with van der Waals surface area (Å²) in [6, 6.07) is 7.30. The molecule has 0 aliphatic rings. The number of hydrogen-bond donors (Lipinski definition) is 2. The number of anilines is 1. The summed E-state index contributed by atoms with van der Waals surface area (Å²) in [4.78, 5) is 4.91. The molecule has 0 saturated carbocycles. The Balaban J connectivity index is 1.77. The number of benzene rings is 1. The average molecular weight is 328 g/mol. The van der Waals surface area contributed by atoms with E-state index < -0.39 is 10.0 Å². The topological polar surface area (TPSA) is 111 Å². The second-order valence-electron chi connectivity index (χ2n) is 4.29. The van der Waals surface area contributed by atoms with Crippen LogP contribution in [0.3, 0.4) is 0 Å². The molecule has 114 valence electrons. The number of nitrogens with zero attached hydrogens (tertiary/aromatic N) is 2. The van der Waals surface area contributed by atoms with Crippen molar-refractivity contribution in [2.45, 2.75) is 18.4 Å². The summed E-state index contributed by atoms with van der Waals surface area (Å²) in [7, 11) is -3.37. The van der Waals surface area contributed by atoms with Gasteiger partial charge in [0.2, 0.25) is 15.9 Å². The summed E-state index contributed by atoms with van der Waals surface area (Å²) in [6.07, 6.45) is 0. The van der Waals surface area contributed by atoms with Gasteiger partial charge in [0.05, 0.1) is 12.3 Å². The highest BCUT2D eigenvalue weighted by Gasteiger charge is 2.12. The molecule has 1 aromatic heterocycles. The van der Waals surface area contributed by atoms with Gasteiger partial charge in [-0.1, -0.05) is 5.16 Å². The molecule has 2 rings (SSSR count). The third-order valence-electron chi connectivity index (χ3n) is 2.52. The Morgan fingerprint density at radius 1 is 1.33 bits per heavy atom. The van der Waals surface area contributed by atoms with Crippen LogP contribution in [-0.2, 0) is 16.6 Å². The number of nitrogens with two attached hydrogens (primary N) is 1. The van der Waals surface area contributed by atoms with Crippen molar-refractivity contribution in [1.29, 1.82) is 0 Å². The lowest BCUT2D eigenvalue weighted by molar-refractivity contribution is 0.387. The molecule has 7 nitrogen and oxygen atoms in total. The third-order valence-corrected chi connectivity index (χ3v) is 5.12. The maximum absolute atomic E-state index is 11.8. The number of sulfonamides is 1. The van der Waals surface area contributed by atoms with Crippen LogP contribution in [0.15, 0.2) is 33.7 Å². The Hall–Kier alpha value is -1.58. The minimum atomic E-state index is -3.37. The van der Waals surface area contributed by atoms with Crippen molar-refractivity contribution in [1.82, 2.24) is 14.9 Å². The standard InChI is InChI=1S/C12H16N4O3S2/c1-9-15-12(16-19-9)8-14-21(17,18)7-6-20-11-4-2-10(13)3-5-11/h2-5,14H,6-8,13H2,1H3. The van der Waals surface area contributed by atoms with Crippen LogP contribution >= 0.6 is 11.8 Å². The number of nitrogen functional groups attached to an aromatic ring is 1. The molecule has 0 radical (unpaired) electrons. The monoisotopic (exact) mass is 328 g/mol. The molecule has 0 spiro atoms. The summed E-state index contributed by atoms with van der Waals surface area (Å²) in [5.41, 5.74) is 6.27. The molecule has 3 N–H and O–H groups in total. The Morgan fingerprint density at radius 3 is 2.67 bits per heavy atom. The summed E-state index contributed by atoms with van der Waals surface area (Å²) < 4.78 is 30.9. The highest BCUT2D eigenvalue weighted by molar-refractivity contribution is 8.00. The van der Waals surface area contributed by atoms with Crippen LogP contribution in [0.4, 0.5) is 5.69 Å². The summed E-state index contributed by atoms with van der Waals surface area (Å²) in [5, 5.41) is 3.62. The van der Waals surface area contributed by atoms with Crippen molar-refractivity contribution in [3.8, 4) is 0 Å². The largest absolute Gasteiger partial charge is 0.399 e. The van der Waals surface area contributed by atoms with Crippen LogP contribution in [0.1, 0.15) is 11.7 Å². The predicted molar refractivity (Wildman–Crippen MR) is 81.2 cm³/mol. The maximum Gasteiger partial charge on any atom is 0.223 e. The number of rotatable bonds is 7. The first-order valence-electron chi connectivity index (χ1n) is 6.19. The quantitative estimate of drug-likeness (QED) is 0.579. The van der Waals surface area contributed by atoms with E-state index in [1.165, 1.54) is 11.8 Å². The van der Waals surface area contributed by atoms with E-state index in [1.807, 2.05) is 12.1 Å². The highest BCUT2D eigenvalue weighted by atomic mass is 32.2. The van der Waals surface area contributed by atoms with Gasteiger partial charge in [-0.2, -0.15) is 4.98 Å². The van der Waals surface area contributed by atoms with Crippen molar-refractivity contribution >= 4 is 27.5 Å². The minimum absolute atomic E-state index is 0.0128. The highest BCUT2D eigenvalue weighted by Crippen LogP contribution is 2.19. The van der Waals surface area contributed by atoms with E-state index in [0.717, 1.165) is 4.90 Å². The molecule has 0 fully saturated rings. The zero-order chi connectivity index (χ0) is 15.3. The Labute approximate surface area is 127 Å². The van der Waals surface area contributed by atoms with E-state index >= 15 is 0 Å². The fraction of sp³-hybridized carbons (Fsp3) is 0.333. The van der Waals surface area contributed by atoms with Crippen molar-refractivity contribution in [2.24, 2.45) is 0 Å².